The molecule has 30 heavy (non-hydrogen) atoms. The summed E-state index contributed by atoms with van der Waals surface area (Å²) < 4.78 is 5.26. The number of nitrogens with one attached hydrogen (secondary N) is 1. The van der Waals surface area contributed by atoms with Gasteiger partial charge in [-0.3, -0.25) is 9.59 Å². The van der Waals surface area contributed by atoms with Gasteiger partial charge in [-0.2, -0.15) is 0 Å². The molecule has 0 aliphatic carbocycles. The zero-order chi connectivity index (χ0) is 21.4. The molecule has 2 amide bonds. The zero-order valence-electron chi connectivity index (χ0n) is 17.3. The third-order valence-electron chi connectivity index (χ3n) is 5.58. The molecule has 7 heteroatoms. The van der Waals surface area contributed by atoms with Gasteiger partial charge < -0.3 is 15.0 Å². The number of methoxy groups -OCH3 is 1. The number of thiazole rings is 1. The van der Waals surface area contributed by atoms with Crippen LogP contribution in [0.1, 0.15) is 44.0 Å². The van der Waals surface area contributed by atoms with E-state index in [1.54, 1.807) is 25.1 Å². The number of ether oxygens (including phenoxy) is 1. The number of aryl methyl sites for hydroxylation is 2. The van der Waals surface area contributed by atoms with Gasteiger partial charge in [-0.25, -0.2) is 4.98 Å². The number of hydrogen-bond donors (Lipinski definition) is 1. The fourth-order valence-corrected chi connectivity index (χ4v) is 4.70. The first-order valence-corrected chi connectivity index (χ1v) is 10.5. The third kappa shape index (κ3) is 3.45. The van der Waals surface area contributed by atoms with E-state index in [0.717, 1.165) is 27.4 Å². The van der Waals surface area contributed by atoms with Crippen LogP contribution in [0.5, 0.6) is 5.75 Å². The van der Waals surface area contributed by atoms with E-state index in [0.29, 0.717) is 10.7 Å². The van der Waals surface area contributed by atoms with Crippen molar-refractivity contribution in [3.63, 3.8) is 0 Å². The van der Waals surface area contributed by atoms with Crippen molar-refractivity contribution in [3.8, 4) is 5.75 Å². The Hall–Kier alpha value is -3.19. The first kappa shape index (κ1) is 20.1. The van der Waals surface area contributed by atoms with E-state index < -0.39 is 12.0 Å². The average Bonchev–Trinajstić information content (AvgIpc) is 3.07. The lowest BCUT2D eigenvalue weighted by atomic mass is 9.79. The minimum absolute atomic E-state index is 0.101. The Bertz CT molecular complexity index is 1090. The van der Waals surface area contributed by atoms with E-state index in [1.807, 2.05) is 56.3 Å². The van der Waals surface area contributed by atoms with Crippen molar-refractivity contribution in [3.05, 3.63) is 75.8 Å². The average molecular weight is 422 g/mol. The van der Waals surface area contributed by atoms with Gasteiger partial charge in [-0.15, -0.1) is 11.3 Å². The van der Waals surface area contributed by atoms with Crippen LogP contribution in [0.4, 0.5) is 5.13 Å². The third-order valence-corrected chi connectivity index (χ3v) is 6.57. The van der Waals surface area contributed by atoms with Crippen LogP contribution in [0, 0.1) is 13.8 Å². The Balaban J connectivity index is 1.79. The summed E-state index contributed by atoms with van der Waals surface area (Å²) in [5, 5.41) is 3.55. The summed E-state index contributed by atoms with van der Waals surface area (Å²) in [6.07, 6.45) is 0. The normalized spacial score (nSPS) is 18.1. The molecule has 1 aromatic heterocycles. The summed E-state index contributed by atoms with van der Waals surface area (Å²) in [5.41, 5.74) is 3.05. The van der Waals surface area contributed by atoms with Crippen LogP contribution in [0.25, 0.3) is 0 Å². The van der Waals surface area contributed by atoms with Gasteiger partial charge in [0.15, 0.2) is 5.13 Å². The second-order valence-corrected chi connectivity index (χ2v) is 8.55. The zero-order valence-corrected chi connectivity index (χ0v) is 18.1. The van der Waals surface area contributed by atoms with E-state index in [1.165, 1.54) is 11.3 Å². The predicted octanol–water partition coefficient (Wildman–Crippen LogP) is 4.32. The number of hydrogen-bond acceptors (Lipinski definition) is 5. The molecule has 2 heterocycles. The fraction of sp³-hybridized carbons (Fsp3) is 0.261. The van der Waals surface area contributed by atoms with E-state index in [4.69, 9.17) is 4.74 Å². The molecular weight excluding hydrogens is 398 g/mol. The molecular formula is C23H23N3O3S. The lowest BCUT2D eigenvalue weighted by Crippen LogP contribution is -2.44. The van der Waals surface area contributed by atoms with Crippen LogP contribution in [0.3, 0.4) is 0 Å². The summed E-state index contributed by atoms with van der Waals surface area (Å²) in [4.78, 5) is 33.7. The highest BCUT2D eigenvalue weighted by Gasteiger charge is 2.42. The van der Waals surface area contributed by atoms with Crippen molar-refractivity contribution in [1.82, 2.24) is 9.88 Å². The number of rotatable bonds is 4. The molecule has 0 saturated carbocycles. The number of amides is 2. The van der Waals surface area contributed by atoms with Crippen molar-refractivity contribution >= 4 is 28.3 Å². The summed E-state index contributed by atoms with van der Waals surface area (Å²) in [5.74, 6) is -0.131. The highest BCUT2D eigenvalue weighted by atomic mass is 32.1. The van der Waals surface area contributed by atoms with Crippen LogP contribution in [0.2, 0.25) is 0 Å². The number of fused-ring (bicyclic) bond motifs is 1. The standard InChI is InChI=1S/C23H23N3O3S/c1-13-14(2)30-23(24-13)25-21(27)19-17-7-5-6-8-18(17)22(28)26(3)20(19)15-9-11-16(29-4)12-10-15/h5-12,19-20H,1-4H3,(H,24,25,27)/t19-,20+/m1/s1. The Morgan fingerprint density at radius 3 is 2.47 bits per heavy atom. The van der Waals surface area contributed by atoms with Gasteiger partial charge in [-0.05, 0) is 43.2 Å². The largest absolute Gasteiger partial charge is 0.497 e. The van der Waals surface area contributed by atoms with Gasteiger partial charge in [-0.1, -0.05) is 30.3 Å². The van der Waals surface area contributed by atoms with Crippen molar-refractivity contribution in [2.75, 3.05) is 19.5 Å². The van der Waals surface area contributed by atoms with Gasteiger partial charge in [0.25, 0.3) is 5.91 Å². The second-order valence-electron chi connectivity index (χ2n) is 7.35. The smallest absolute Gasteiger partial charge is 0.254 e. The number of carbonyl (C=O) groups excluding carboxylic acids is 2. The number of aromatic nitrogens is 1. The lowest BCUT2D eigenvalue weighted by molar-refractivity contribution is -0.119. The molecule has 2 atom stereocenters. The van der Waals surface area contributed by atoms with Crippen LogP contribution in [-0.2, 0) is 4.79 Å². The molecule has 0 unspecified atom stereocenters. The van der Waals surface area contributed by atoms with Gasteiger partial charge in [0.2, 0.25) is 5.91 Å². The molecule has 1 aliphatic rings. The van der Waals surface area contributed by atoms with Crippen molar-refractivity contribution < 1.29 is 14.3 Å². The van der Waals surface area contributed by atoms with E-state index in [9.17, 15) is 9.59 Å². The van der Waals surface area contributed by atoms with Crippen molar-refractivity contribution in [2.24, 2.45) is 0 Å². The van der Waals surface area contributed by atoms with Crippen LogP contribution < -0.4 is 10.1 Å². The number of anilines is 1. The first-order chi connectivity index (χ1) is 14.4. The molecule has 1 N–H and O–H groups in total. The topological polar surface area (TPSA) is 71.5 Å². The summed E-state index contributed by atoms with van der Waals surface area (Å²) >= 11 is 1.45. The molecule has 6 nitrogen and oxygen atoms in total. The molecule has 3 aromatic rings. The number of carbonyl (C=O) groups is 2. The fourth-order valence-electron chi connectivity index (χ4n) is 3.88. The van der Waals surface area contributed by atoms with Gasteiger partial charge in [0.05, 0.1) is 24.8 Å². The lowest BCUT2D eigenvalue weighted by Gasteiger charge is -2.39. The molecule has 0 fully saturated rings. The molecule has 0 radical (unpaired) electrons. The second kappa shape index (κ2) is 7.91. The minimum Gasteiger partial charge on any atom is -0.497 e. The van der Waals surface area contributed by atoms with Gasteiger partial charge in [0.1, 0.15) is 5.75 Å². The number of benzene rings is 2. The van der Waals surface area contributed by atoms with Crippen LogP contribution in [-0.4, -0.2) is 35.9 Å². The summed E-state index contributed by atoms with van der Waals surface area (Å²) in [6, 6.07) is 14.4. The SMILES string of the molecule is COc1ccc([C@H]2[C@H](C(=O)Nc3nc(C)c(C)s3)c3ccccc3C(=O)N2C)cc1. The highest BCUT2D eigenvalue weighted by molar-refractivity contribution is 7.15. The highest BCUT2D eigenvalue weighted by Crippen LogP contribution is 2.43. The maximum atomic E-state index is 13.5. The van der Waals surface area contributed by atoms with Crippen molar-refractivity contribution in [1.29, 1.82) is 0 Å². The molecule has 0 bridgehead atoms. The van der Waals surface area contributed by atoms with Gasteiger partial charge >= 0.3 is 0 Å². The van der Waals surface area contributed by atoms with E-state index in [-0.39, 0.29) is 11.8 Å². The summed E-state index contributed by atoms with van der Waals surface area (Å²) in [7, 11) is 3.35. The quantitative estimate of drug-likeness (QED) is 0.681. The van der Waals surface area contributed by atoms with Crippen molar-refractivity contribution in [2.45, 2.75) is 25.8 Å². The monoisotopic (exact) mass is 421 g/mol. The van der Waals surface area contributed by atoms with Gasteiger partial charge in [0, 0.05) is 17.5 Å². The maximum Gasteiger partial charge on any atom is 0.254 e. The molecule has 1 aliphatic heterocycles. The Labute approximate surface area is 179 Å². The van der Waals surface area contributed by atoms with E-state index in [2.05, 4.69) is 10.3 Å². The number of likely N-dealkylation sites (N-methyl/N-ethyl adjacent to an activating group) is 1. The molecule has 4 rings (SSSR count). The molecule has 0 saturated heterocycles. The summed E-state index contributed by atoms with van der Waals surface area (Å²) in [6.45, 7) is 3.90. The first-order valence-electron chi connectivity index (χ1n) is 9.65. The maximum absolute atomic E-state index is 13.5. The molecule has 154 valence electrons. The Kier molecular flexibility index (Phi) is 5.30. The van der Waals surface area contributed by atoms with Crippen LogP contribution in [0.15, 0.2) is 48.5 Å². The Morgan fingerprint density at radius 1 is 1.13 bits per heavy atom. The van der Waals surface area contributed by atoms with Crippen LogP contribution >= 0.6 is 11.3 Å². The predicted molar refractivity (Wildman–Crippen MR) is 117 cm³/mol. The number of nitrogens with zero attached hydrogens (tertiary/aromatic N) is 2. The molecule has 2 aromatic carbocycles. The molecule has 0 spiro atoms. The van der Waals surface area contributed by atoms with E-state index >= 15 is 0 Å². The minimum atomic E-state index is -0.568. The Morgan fingerprint density at radius 2 is 1.83 bits per heavy atom.